The number of imide groups is 1. The van der Waals surface area contributed by atoms with Crippen molar-refractivity contribution in [3.63, 3.8) is 0 Å². The maximum absolute atomic E-state index is 14.1. The van der Waals surface area contributed by atoms with Crippen molar-refractivity contribution in [3.8, 4) is 0 Å². The Morgan fingerprint density at radius 3 is 2.38 bits per heavy atom. The second kappa shape index (κ2) is 7.19. The first kappa shape index (κ1) is 20.7. The number of carbonyl (C=O) groups is 2. The van der Waals surface area contributed by atoms with E-state index in [9.17, 15) is 27.2 Å². The predicted molar refractivity (Wildman–Crippen MR) is 110 cm³/mol. The van der Waals surface area contributed by atoms with Crippen LogP contribution in [-0.2, 0) is 11.3 Å². The molecule has 0 N–H and O–H groups in total. The van der Waals surface area contributed by atoms with Crippen LogP contribution < -0.4 is 4.90 Å². The molecule has 32 heavy (non-hydrogen) atoms. The molecule has 0 unspecified atom stereocenters. The smallest absolute Gasteiger partial charge is 0.305 e. The molecule has 1 aliphatic heterocycles. The van der Waals surface area contributed by atoms with Crippen molar-refractivity contribution in [3.05, 3.63) is 66.1 Å². The van der Waals surface area contributed by atoms with Crippen LogP contribution in [0.2, 0.25) is 0 Å². The summed E-state index contributed by atoms with van der Waals surface area (Å²) in [5, 5.41) is 0.678. The second-order valence-corrected chi connectivity index (χ2v) is 8.84. The molecule has 164 valence electrons. The number of para-hydroxylation sites is 1. The standard InChI is InChI=1S/C22H15F4N3O2S/c23-18-11-13(16-3-1-2-4-17(16)27-18)12-28-20(31)29(19(30)21(28)9-10-21)14-5-7-15(8-6-14)32-22(24,25)26/h1-8,11H,9-10,12H2. The first-order valence-corrected chi connectivity index (χ1v) is 10.6. The number of fused-ring (bicyclic) bond motifs is 1. The summed E-state index contributed by atoms with van der Waals surface area (Å²) in [6.07, 6.45) is 0.948. The Labute approximate surface area is 184 Å². The first-order chi connectivity index (χ1) is 15.2. The molecular weight excluding hydrogens is 446 g/mol. The quantitative estimate of drug-likeness (QED) is 0.223. The zero-order valence-corrected chi connectivity index (χ0v) is 17.2. The number of nitrogens with zero attached hydrogens (tertiary/aromatic N) is 3. The van der Waals surface area contributed by atoms with Crippen molar-refractivity contribution in [2.24, 2.45) is 0 Å². The molecule has 1 spiro atoms. The number of alkyl halides is 3. The van der Waals surface area contributed by atoms with Crippen LogP contribution in [0.25, 0.3) is 10.9 Å². The van der Waals surface area contributed by atoms with E-state index in [0.717, 1.165) is 4.90 Å². The summed E-state index contributed by atoms with van der Waals surface area (Å²) in [6.45, 7) is 0.0169. The van der Waals surface area contributed by atoms with Gasteiger partial charge in [-0.25, -0.2) is 14.7 Å². The predicted octanol–water partition coefficient (Wildman–Crippen LogP) is 5.49. The van der Waals surface area contributed by atoms with Crippen LogP contribution in [0.15, 0.2) is 59.5 Å². The molecule has 1 aromatic heterocycles. The lowest BCUT2D eigenvalue weighted by Crippen LogP contribution is -2.36. The molecule has 3 aromatic rings. The minimum Gasteiger partial charge on any atom is -0.305 e. The Hall–Kier alpha value is -3.14. The highest BCUT2D eigenvalue weighted by molar-refractivity contribution is 8.00. The largest absolute Gasteiger partial charge is 0.446 e. The van der Waals surface area contributed by atoms with Gasteiger partial charge in [0.15, 0.2) is 0 Å². The molecule has 0 atom stereocenters. The van der Waals surface area contributed by atoms with Gasteiger partial charge in [-0.15, -0.1) is 0 Å². The topological polar surface area (TPSA) is 53.5 Å². The zero-order chi connectivity index (χ0) is 22.7. The van der Waals surface area contributed by atoms with E-state index in [1.807, 2.05) is 0 Å². The second-order valence-electron chi connectivity index (χ2n) is 7.70. The number of urea groups is 1. The van der Waals surface area contributed by atoms with E-state index < -0.39 is 28.9 Å². The van der Waals surface area contributed by atoms with E-state index in [0.29, 0.717) is 29.3 Å². The highest BCUT2D eigenvalue weighted by Crippen LogP contribution is 2.50. The number of halogens is 4. The number of rotatable bonds is 4. The van der Waals surface area contributed by atoms with Crippen LogP contribution in [0.5, 0.6) is 0 Å². The number of carbonyl (C=O) groups excluding carboxylic acids is 2. The van der Waals surface area contributed by atoms with Gasteiger partial charge in [-0.3, -0.25) is 4.79 Å². The summed E-state index contributed by atoms with van der Waals surface area (Å²) < 4.78 is 51.8. The Bertz CT molecular complexity index is 1240. The number of amides is 3. The molecule has 5 nitrogen and oxygen atoms in total. The SMILES string of the molecule is O=C1N(c2ccc(SC(F)(F)F)cc2)C(=O)C2(CC2)N1Cc1cc(F)nc2ccccc12. The van der Waals surface area contributed by atoms with Gasteiger partial charge >= 0.3 is 11.5 Å². The van der Waals surface area contributed by atoms with Gasteiger partial charge in [0.2, 0.25) is 5.95 Å². The number of thioether (sulfide) groups is 1. The molecule has 2 fully saturated rings. The van der Waals surface area contributed by atoms with Crippen molar-refractivity contribution >= 4 is 40.3 Å². The summed E-state index contributed by atoms with van der Waals surface area (Å²) >= 11 is -0.270. The van der Waals surface area contributed by atoms with Crippen molar-refractivity contribution < 1.29 is 27.2 Å². The summed E-state index contributed by atoms with van der Waals surface area (Å²) in [6, 6.07) is 12.7. The maximum atomic E-state index is 14.1. The average molecular weight is 461 g/mol. The molecule has 1 aliphatic carbocycles. The first-order valence-electron chi connectivity index (χ1n) is 9.74. The Kier molecular flexibility index (Phi) is 4.66. The summed E-state index contributed by atoms with van der Waals surface area (Å²) in [5.74, 6) is -1.10. The Balaban J connectivity index is 1.46. The molecule has 10 heteroatoms. The summed E-state index contributed by atoms with van der Waals surface area (Å²) in [7, 11) is 0. The molecular formula is C22H15F4N3O2S. The van der Waals surface area contributed by atoms with E-state index in [1.54, 1.807) is 24.3 Å². The molecule has 2 heterocycles. The molecule has 0 radical (unpaired) electrons. The third-order valence-corrected chi connectivity index (χ3v) is 6.43. The van der Waals surface area contributed by atoms with Gasteiger partial charge in [-0.05, 0) is 66.6 Å². The van der Waals surface area contributed by atoms with Gasteiger partial charge in [-0.2, -0.15) is 17.6 Å². The van der Waals surface area contributed by atoms with Crippen LogP contribution in [0.3, 0.4) is 0 Å². The van der Waals surface area contributed by atoms with Crippen LogP contribution >= 0.6 is 11.8 Å². The molecule has 2 aliphatic rings. The normalized spacial score (nSPS) is 17.6. The number of aromatic nitrogens is 1. The van der Waals surface area contributed by atoms with E-state index in [4.69, 9.17) is 0 Å². The lowest BCUT2D eigenvalue weighted by atomic mass is 10.1. The highest BCUT2D eigenvalue weighted by atomic mass is 32.2. The van der Waals surface area contributed by atoms with Gasteiger partial charge in [0, 0.05) is 16.8 Å². The Morgan fingerprint density at radius 1 is 1.03 bits per heavy atom. The van der Waals surface area contributed by atoms with Crippen LogP contribution in [0.1, 0.15) is 18.4 Å². The van der Waals surface area contributed by atoms with Crippen molar-refractivity contribution in [1.29, 1.82) is 0 Å². The third kappa shape index (κ3) is 3.48. The van der Waals surface area contributed by atoms with Gasteiger partial charge in [-0.1, -0.05) is 18.2 Å². The molecule has 2 aromatic carbocycles. The van der Waals surface area contributed by atoms with Gasteiger partial charge in [0.25, 0.3) is 5.91 Å². The lowest BCUT2D eigenvalue weighted by molar-refractivity contribution is -0.120. The van der Waals surface area contributed by atoms with Crippen molar-refractivity contribution in [2.45, 2.75) is 35.3 Å². The fourth-order valence-electron chi connectivity index (χ4n) is 4.07. The fraction of sp³-hybridized carbons (Fsp3) is 0.227. The van der Waals surface area contributed by atoms with Crippen LogP contribution in [0, 0.1) is 5.95 Å². The highest BCUT2D eigenvalue weighted by Gasteiger charge is 2.65. The minimum absolute atomic E-state index is 0.0169. The summed E-state index contributed by atoms with van der Waals surface area (Å²) in [4.78, 5) is 32.6. The number of benzene rings is 2. The number of hydrogen-bond acceptors (Lipinski definition) is 4. The van der Waals surface area contributed by atoms with E-state index in [2.05, 4.69) is 4.98 Å². The molecule has 3 amide bonds. The molecule has 5 rings (SSSR count). The third-order valence-electron chi connectivity index (χ3n) is 5.69. The zero-order valence-electron chi connectivity index (χ0n) is 16.4. The van der Waals surface area contributed by atoms with Crippen molar-refractivity contribution in [2.75, 3.05) is 4.90 Å². The lowest BCUT2D eigenvalue weighted by Gasteiger charge is -2.22. The van der Waals surface area contributed by atoms with Gasteiger partial charge in [0.1, 0.15) is 5.54 Å². The van der Waals surface area contributed by atoms with Gasteiger partial charge in [0.05, 0.1) is 11.2 Å². The van der Waals surface area contributed by atoms with Crippen LogP contribution in [0.4, 0.5) is 28.0 Å². The molecule has 1 saturated carbocycles. The van der Waals surface area contributed by atoms with E-state index in [-0.39, 0.29) is 28.9 Å². The van der Waals surface area contributed by atoms with Crippen LogP contribution in [-0.4, -0.2) is 32.9 Å². The molecule has 1 saturated heterocycles. The van der Waals surface area contributed by atoms with Crippen molar-refractivity contribution in [1.82, 2.24) is 9.88 Å². The molecule has 0 bridgehead atoms. The number of anilines is 1. The minimum atomic E-state index is -4.43. The van der Waals surface area contributed by atoms with E-state index in [1.165, 1.54) is 35.2 Å². The number of hydrogen-bond donors (Lipinski definition) is 0. The summed E-state index contributed by atoms with van der Waals surface area (Å²) in [5.41, 5.74) is -4.26. The van der Waals surface area contributed by atoms with Gasteiger partial charge < -0.3 is 4.90 Å². The maximum Gasteiger partial charge on any atom is 0.446 e. The van der Waals surface area contributed by atoms with E-state index >= 15 is 0 Å². The monoisotopic (exact) mass is 461 g/mol. The number of pyridine rings is 1. The fourth-order valence-corrected chi connectivity index (χ4v) is 4.61. The average Bonchev–Trinajstić information content (AvgIpc) is 3.50. The Morgan fingerprint density at radius 2 is 1.72 bits per heavy atom.